The van der Waals surface area contributed by atoms with E-state index in [1.165, 1.54) is 12.8 Å². The van der Waals surface area contributed by atoms with Gasteiger partial charge in [-0.3, -0.25) is 9.48 Å². The first-order chi connectivity index (χ1) is 9.90. The normalized spacial score (nSPS) is 22.7. The molecule has 1 saturated carbocycles. The average Bonchev–Trinajstić information content (AvgIpc) is 2.70. The Morgan fingerprint density at radius 2 is 2.00 bits per heavy atom. The van der Waals surface area contributed by atoms with Crippen LogP contribution in [0.4, 0.5) is 0 Å². The number of carbonyl (C=O) groups excluding carboxylic acids is 1. The number of amides is 1. The highest BCUT2D eigenvalue weighted by Gasteiger charge is 2.23. The molecule has 0 N–H and O–H groups in total. The van der Waals surface area contributed by atoms with E-state index in [4.69, 9.17) is 11.6 Å². The molecule has 1 heterocycles. The summed E-state index contributed by atoms with van der Waals surface area (Å²) < 4.78 is 1.62. The number of aryl methyl sites for hydroxylation is 2. The maximum absolute atomic E-state index is 12.3. The number of hydrogen-bond donors (Lipinski definition) is 0. The zero-order valence-electron chi connectivity index (χ0n) is 13.3. The molecule has 116 valence electrons. The lowest BCUT2D eigenvalue weighted by molar-refractivity contribution is -0.127. The van der Waals surface area contributed by atoms with Crippen molar-refractivity contribution < 1.29 is 4.79 Å². The summed E-state index contributed by atoms with van der Waals surface area (Å²) in [5.41, 5.74) is 1.65. The Balaban J connectivity index is 2.02. The molecule has 4 nitrogen and oxygen atoms in total. The summed E-state index contributed by atoms with van der Waals surface area (Å²) >= 11 is 6.17. The van der Waals surface area contributed by atoms with E-state index >= 15 is 0 Å². The van der Waals surface area contributed by atoms with E-state index in [2.05, 4.69) is 12.0 Å². The molecule has 1 aliphatic carbocycles. The van der Waals surface area contributed by atoms with E-state index in [0.717, 1.165) is 30.0 Å². The zero-order chi connectivity index (χ0) is 15.6. The Morgan fingerprint density at radius 3 is 2.52 bits per heavy atom. The van der Waals surface area contributed by atoms with Crippen molar-refractivity contribution in [3.63, 3.8) is 0 Å². The molecular weight excluding hydrogens is 286 g/mol. The molecule has 5 heteroatoms. The molecule has 1 aromatic heterocycles. The topological polar surface area (TPSA) is 38.1 Å². The third-order valence-electron chi connectivity index (χ3n) is 4.47. The van der Waals surface area contributed by atoms with Gasteiger partial charge in [0.15, 0.2) is 0 Å². The van der Waals surface area contributed by atoms with Gasteiger partial charge in [-0.05, 0) is 44.6 Å². The van der Waals surface area contributed by atoms with Gasteiger partial charge in [-0.15, -0.1) is 0 Å². The third kappa shape index (κ3) is 3.67. The SMILES string of the molecule is Cc1nn(C)c(Cl)c1/C=C/C(=O)N(C)C1CCC(C)CC1. The molecule has 1 aliphatic rings. The van der Waals surface area contributed by atoms with E-state index in [1.807, 2.05) is 18.9 Å². The van der Waals surface area contributed by atoms with Crippen LogP contribution < -0.4 is 0 Å². The van der Waals surface area contributed by atoms with Gasteiger partial charge in [-0.25, -0.2) is 0 Å². The molecule has 1 aromatic rings. The van der Waals surface area contributed by atoms with E-state index in [-0.39, 0.29) is 5.91 Å². The molecule has 1 amide bonds. The lowest BCUT2D eigenvalue weighted by Crippen LogP contribution is -2.38. The minimum Gasteiger partial charge on any atom is -0.339 e. The second-order valence-electron chi connectivity index (χ2n) is 6.11. The fraction of sp³-hybridized carbons (Fsp3) is 0.625. The molecule has 1 fully saturated rings. The monoisotopic (exact) mass is 309 g/mol. The first-order valence-corrected chi connectivity index (χ1v) is 7.92. The first-order valence-electron chi connectivity index (χ1n) is 7.54. The highest BCUT2D eigenvalue weighted by molar-refractivity contribution is 6.31. The van der Waals surface area contributed by atoms with E-state index in [0.29, 0.717) is 11.2 Å². The molecular formula is C16H24ClN3O. The Labute approximate surface area is 131 Å². The van der Waals surface area contributed by atoms with Gasteiger partial charge in [0, 0.05) is 31.8 Å². The van der Waals surface area contributed by atoms with Gasteiger partial charge >= 0.3 is 0 Å². The summed E-state index contributed by atoms with van der Waals surface area (Å²) in [6.07, 6.45) is 8.00. The number of rotatable bonds is 3. The van der Waals surface area contributed by atoms with Gasteiger partial charge in [-0.1, -0.05) is 18.5 Å². The van der Waals surface area contributed by atoms with Crippen LogP contribution in [-0.4, -0.2) is 33.7 Å². The summed E-state index contributed by atoms with van der Waals surface area (Å²) in [6.45, 7) is 4.17. The van der Waals surface area contributed by atoms with Crippen molar-refractivity contribution in [1.29, 1.82) is 0 Å². The maximum Gasteiger partial charge on any atom is 0.246 e. The molecule has 21 heavy (non-hydrogen) atoms. The van der Waals surface area contributed by atoms with Gasteiger partial charge in [0.25, 0.3) is 0 Å². The van der Waals surface area contributed by atoms with Crippen molar-refractivity contribution in [2.75, 3.05) is 7.05 Å². The van der Waals surface area contributed by atoms with Crippen LogP contribution >= 0.6 is 11.6 Å². The number of carbonyl (C=O) groups is 1. The van der Waals surface area contributed by atoms with Gasteiger partial charge in [-0.2, -0.15) is 5.10 Å². The Morgan fingerprint density at radius 1 is 1.38 bits per heavy atom. The van der Waals surface area contributed by atoms with Crippen molar-refractivity contribution in [3.05, 3.63) is 22.5 Å². The van der Waals surface area contributed by atoms with E-state index in [1.54, 1.807) is 23.9 Å². The number of halogens is 1. The van der Waals surface area contributed by atoms with Crippen molar-refractivity contribution >= 4 is 23.6 Å². The van der Waals surface area contributed by atoms with Crippen molar-refractivity contribution in [2.45, 2.75) is 45.6 Å². The highest BCUT2D eigenvalue weighted by atomic mass is 35.5. The van der Waals surface area contributed by atoms with Gasteiger partial charge in [0.1, 0.15) is 5.15 Å². The van der Waals surface area contributed by atoms with Crippen LogP contribution in [0.1, 0.15) is 43.9 Å². The summed E-state index contributed by atoms with van der Waals surface area (Å²) in [5, 5.41) is 4.80. The van der Waals surface area contributed by atoms with Crippen LogP contribution in [0, 0.1) is 12.8 Å². The third-order valence-corrected chi connectivity index (χ3v) is 4.92. The molecule has 0 unspecified atom stereocenters. The molecule has 0 saturated heterocycles. The minimum absolute atomic E-state index is 0.0360. The molecule has 2 rings (SSSR count). The molecule has 0 aliphatic heterocycles. The molecule has 0 aromatic carbocycles. The summed E-state index contributed by atoms with van der Waals surface area (Å²) in [6, 6.07) is 0.365. The van der Waals surface area contributed by atoms with Crippen molar-refractivity contribution in [3.8, 4) is 0 Å². The summed E-state index contributed by atoms with van der Waals surface area (Å²) in [7, 11) is 3.69. The smallest absolute Gasteiger partial charge is 0.246 e. The van der Waals surface area contributed by atoms with E-state index < -0.39 is 0 Å². The lowest BCUT2D eigenvalue weighted by Gasteiger charge is -2.33. The average molecular weight is 310 g/mol. The molecule has 0 atom stereocenters. The van der Waals surface area contributed by atoms with Crippen molar-refractivity contribution in [1.82, 2.24) is 14.7 Å². The number of likely N-dealkylation sites (N-methyl/N-ethyl adjacent to an activating group) is 1. The second kappa shape index (κ2) is 6.65. The number of aromatic nitrogens is 2. The maximum atomic E-state index is 12.3. The molecule has 0 radical (unpaired) electrons. The highest BCUT2D eigenvalue weighted by Crippen LogP contribution is 2.27. The first kappa shape index (κ1) is 16.1. The van der Waals surface area contributed by atoms with Crippen LogP contribution in [0.5, 0.6) is 0 Å². The van der Waals surface area contributed by atoms with Gasteiger partial charge in [0.2, 0.25) is 5.91 Å². The van der Waals surface area contributed by atoms with Crippen LogP contribution in [0.15, 0.2) is 6.08 Å². The second-order valence-corrected chi connectivity index (χ2v) is 6.47. The number of nitrogens with zero attached hydrogens (tertiary/aromatic N) is 3. The minimum atomic E-state index is 0.0360. The Kier molecular flexibility index (Phi) is 5.09. The fourth-order valence-electron chi connectivity index (χ4n) is 2.92. The van der Waals surface area contributed by atoms with Crippen molar-refractivity contribution in [2.24, 2.45) is 13.0 Å². The van der Waals surface area contributed by atoms with Gasteiger partial charge in [0.05, 0.1) is 5.69 Å². The zero-order valence-corrected chi connectivity index (χ0v) is 14.0. The van der Waals surface area contributed by atoms with Crippen LogP contribution in [0.3, 0.4) is 0 Å². The quantitative estimate of drug-likeness (QED) is 0.802. The predicted octanol–water partition coefficient (Wildman–Crippen LogP) is 3.43. The Hall–Kier alpha value is -1.29. The fourth-order valence-corrected chi connectivity index (χ4v) is 3.16. The lowest BCUT2D eigenvalue weighted by atomic mass is 9.87. The standard InChI is InChI=1S/C16H24ClN3O/c1-11-5-7-13(8-6-11)19(3)15(21)10-9-14-12(2)18-20(4)16(14)17/h9-11,13H,5-8H2,1-4H3/b10-9+. The molecule has 0 spiro atoms. The summed E-state index contributed by atoms with van der Waals surface area (Å²) in [4.78, 5) is 14.2. The predicted molar refractivity (Wildman–Crippen MR) is 86.2 cm³/mol. The van der Waals surface area contributed by atoms with Crippen LogP contribution in [0.2, 0.25) is 5.15 Å². The summed E-state index contributed by atoms with van der Waals surface area (Å²) in [5.74, 6) is 0.825. The molecule has 0 bridgehead atoms. The van der Waals surface area contributed by atoms with Gasteiger partial charge < -0.3 is 4.90 Å². The van der Waals surface area contributed by atoms with E-state index in [9.17, 15) is 4.79 Å². The Bertz CT molecular complexity index is 542. The van der Waals surface area contributed by atoms with Crippen LogP contribution in [-0.2, 0) is 11.8 Å². The largest absolute Gasteiger partial charge is 0.339 e. The van der Waals surface area contributed by atoms with Crippen LogP contribution in [0.25, 0.3) is 6.08 Å². The number of hydrogen-bond acceptors (Lipinski definition) is 2.